The molecule has 1 aromatic carbocycles. The monoisotopic (exact) mass is 286 g/mol. The zero-order valence-electron chi connectivity index (χ0n) is 12.6. The molecule has 0 radical (unpaired) electrons. The van der Waals surface area contributed by atoms with E-state index in [-0.39, 0.29) is 5.56 Å². The molecule has 1 fully saturated rings. The summed E-state index contributed by atoms with van der Waals surface area (Å²) in [5.74, 6) is 1.32. The van der Waals surface area contributed by atoms with Crippen LogP contribution in [-0.2, 0) is 6.54 Å². The number of rotatable bonds is 3. The summed E-state index contributed by atoms with van der Waals surface area (Å²) in [6.45, 7) is 5.10. The van der Waals surface area contributed by atoms with Crippen molar-refractivity contribution in [1.29, 1.82) is 0 Å². The quantitative estimate of drug-likeness (QED) is 0.894. The summed E-state index contributed by atoms with van der Waals surface area (Å²) in [6.07, 6.45) is 1.13. The lowest BCUT2D eigenvalue weighted by atomic mass is 9.94. The number of piperidine rings is 1. The standard InChI is InChI=1S/C16H22N4O/c1-11-10-20(2)8-7-13(11)17-9-15-18-14-6-4-3-5-12(14)16(21)19-15/h3-6,11,13,17H,7-10H2,1-2H3,(H,18,19,21). The van der Waals surface area contributed by atoms with Gasteiger partial charge in [-0.15, -0.1) is 0 Å². The van der Waals surface area contributed by atoms with Gasteiger partial charge < -0.3 is 15.2 Å². The van der Waals surface area contributed by atoms with E-state index in [1.807, 2.05) is 18.2 Å². The number of benzene rings is 1. The van der Waals surface area contributed by atoms with Crippen molar-refractivity contribution in [3.8, 4) is 0 Å². The van der Waals surface area contributed by atoms with Crippen LogP contribution in [0, 0.1) is 5.92 Å². The number of aromatic amines is 1. The van der Waals surface area contributed by atoms with E-state index in [2.05, 4.69) is 34.2 Å². The zero-order chi connectivity index (χ0) is 14.8. The molecule has 112 valence electrons. The van der Waals surface area contributed by atoms with E-state index in [0.717, 1.165) is 25.0 Å². The lowest BCUT2D eigenvalue weighted by Gasteiger charge is -2.35. The molecule has 3 rings (SSSR count). The van der Waals surface area contributed by atoms with E-state index >= 15 is 0 Å². The Morgan fingerprint density at radius 2 is 2.24 bits per heavy atom. The van der Waals surface area contributed by atoms with Gasteiger partial charge in [-0.25, -0.2) is 4.98 Å². The van der Waals surface area contributed by atoms with Gasteiger partial charge in [0.25, 0.3) is 5.56 Å². The highest BCUT2D eigenvalue weighted by atomic mass is 16.1. The van der Waals surface area contributed by atoms with E-state index in [0.29, 0.717) is 29.7 Å². The van der Waals surface area contributed by atoms with Gasteiger partial charge in [0.1, 0.15) is 5.82 Å². The molecule has 5 nitrogen and oxygen atoms in total. The Morgan fingerprint density at radius 3 is 3.05 bits per heavy atom. The summed E-state index contributed by atoms with van der Waals surface area (Å²) in [5, 5.41) is 4.19. The van der Waals surface area contributed by atoms with Gasteiger partial charge in [-0.1, -0.05) is 19.1 Å². The van der Waals surface area contributed by atoms with E-state index in [9.17, 15) is 4.79 Å². The molecule has 2 atom stereocenters. The fourth-order valence-corrected chi connectivity index (χ4v) is 3.10. The summed E-state index contributed by atoms with van der Waals surface area (Å²) < 4.78 is 0. The van der Waals surface area contributed by atoms with Crippen molar-refractivity contribution < 1.29 is 0 Å². The summed E-state index contributed by atoms with van der Waals surface area (Å²) in [4.78, 5) is 21.8. The van der Waals surface area contributed by atoms with Crippen LogP contribution < -0.4 is 10.9 Å². The van der Waals surface area contributed by atoms with Crippen LogP contribution in [0.4, 0.5) is 0 Å². The van der Waals surface area contributed by atoms with Crippen molar-refractivity contribution in [3.05, 3.63) is 40.4 Å². The van der Waals surface area contributed by atoms with Crippen molar-refractivity contribution in [2.75, 3.05) is 20.1 Å². The number of para-hydroxylation sites is 1. The van der Waals surface area contributed by atoms with Gasteiger partial charge in [-0.05, 0) is 38.1 Å². The molecule has 0 saturated carbocycles. The Balaban J connectivity index is 1.72. The molecule has 1 aromatic heterocycles. The smallest absolute Gasteiger partial charge is 0.258 e. The fourth-order valence-electron chi connectivity index (χ4n) is 3.10. The van der Waals surface area contributed by atoms with Crippen molar-refractivity contribution in [1.82, 2.24) is 20.2 Å². The number of hydrogen-bond acceptors (Lipinski definition) is 4. The maximum Gasteiger partial charge on any atom is 0.258 e. The number of fused-ring (bicyclic) bond motifs is 1. The molecule has 21 heavy (non-hydrogen) atoms. The minimum absolute atomic E-state index is 0.0613. The maximum atomic E-state index is 12.0. The van der Waals surface area contributed by atoms with Gasteiger partial charge in [0.2, 0.25) is 0 Å². The Hall–Kier alpha value is -1.72. The predicted octanol–water partition coefficient (Wildman–Crippen LogP) is 1.35. The number of aromatic nitrogens is 2. The second kappa shape index (κ2) is 5.95. The van der Waals surface area contributed by atoms with Crippen molar-refractivity contribution in [2.24, 2.45) is 5.92 Å². The first-order valence-electron chi connectivity index (χ1n) is 7.53. The molecule has 1 saturated heterocycles. The van der Waals surface area contributed by atoms with Gasteiger partial charge in [-0.2, -0.15) is 0 Å². The highest BCUT2D eigenvalue weighted by molar-refractivity contribution is 5.77. The molecular formula is C16H22N4O. The Kier molecular flexibility index (Phi) is 4.03. The number of hydrogen-bond donors (Lipinski definition) is 2. The van der Waals surface area contributed by atoms with E-state index in [1.54, 1.807) is 6.07 Å². The second-order valence-electron chi connectivity index (χ2n) is 6.05. The van der Waals surface area contributed by atoms with Gasteiger partial charge in [0, 0.05) is 12.6 Å². The highest BCUT2D eigenvalue weighted by Gasteiger charge is 2.23. The minimum atomic E-state index is -0.0613. The lowest BCUT2D eigenvalue weighted by molar-refractivity contribution is 0.174. The predicted molar refractivity (Wildman–Crippen MR) is 84.3 cm³/mol. The summed E-state index contributed by atoms with van der Waals surface area (Å²) in [6, 6.07) is 7.93. The first-order chi connectivity index (χ1) is 10.1. The minimum Gasteiger partial charge on any atom is -0.309 e. The van der Waals surface area contributed by atoms with E-state index < -0.39 is 0 Å². The molecule has 1 aliphatic rings. The molecule has 5 heteroatoms. The molecule has 2 heterocycles. The molecule has 0 bridgehead atoms. The lowest BCUT2D eigenvalue weighted by Crippen LogP contribution is -2.46. The van der Waals surface area contributed by atoms with Gasteiger partial charge in [0.05, 0.1) is 17.4 Å². The van der Waals surface area contributed by atoms with Crippen LogP contribution in [0.1, 0.15) is 19.2 Å². The van der Waals surface area contributed by atoms with Crippen LogP contribution in [0.2, 0.25) is 0 Å². The first-order valence-corrected chi connectivity index (χ1v) is 7.53. The maximum absolute atomic E-state index is 12.0. The average molecular weight is 286 g/mol. The molecule has 0 amide bonds. The molecule has 2 aromatic rings. The molecule has 1 aliphatic heterocycles. The third-order valence-electron chi connectivity index (χ3n) is 4.30. The first kappa shape index (κ1) is 14.2. The normalized spacial score (nSPS) is 23.5. The number of H-pyrrole nitrogens is 1. The highest BCUT2D eigenvalue weighted by Crippen LogP contribution is 2.15. The van der Waals surface area contributed by atoms with Gasteiger partial charge in [-0.3, -0.25) is 4.79 Å². The molecule has 0 spiro atoms. The van der Waals surface area contributed by atoms with Crippen LogP contribution in [0.5, 0.6) is 0 Å². The third kappa shape index (κ3) is 3.14. The number of likely N-dealkylation sites (tertiary alicyclic amines) is 1. The fraction of sp³-hybridized carbons (Fsp3) is 0.500. The SMILES string of the molecule is CC1CN(C)CCC1NCc1nc2ccccc2c(=O)[nH]1. The average Bonchev–Trinajstić information content (AvgIpc) is 2.46. The summed E-state index contributed by atoms with van der Waals surface area (Å²) in [7, 11) is 2.16. The molecule has 2 N–H and O–H groups in total. The third-order valence-corrected chi connectivity index (χ3v) is 4.30. The van der Waals surface area contributed by atoms with E-state index in [1.165, 1.54) is 0 Å². The van der Waals surface area contributed by atoms with Gasteiger partial charge >= 0.3 is 0 Å². The zero-order valence-corrected chi connectivity index (χ0v) is 12.6. The van der Waals surface area contributed by atoms with Crippen LogP contribution in [0.15, 0.2) is 29.1 Å². The van der Waals surface area contributed by atoms with Crippen LogP contribution in [0.25, 0.3) is 10.9 Å². The topological polar surface area (TPSA) is 61.0 Å². The van der Waals surface area contributed by atoms with Crippen LogP contribution in [-0.4, -0.2) is 41.0 Å². The number of nitrogens with zero attached hydrogens (tertiary/aromatic N) is 2. The summed E-state index contributed by atoms with van der Waals surface area (Å²) in [5.41, 5.74) is 0.698. The van der Waals surface area contributed by atoms with Crippen molar-refractivity contribution >= 4 is 10.9 Å². The Bertz CT molecular complexity index is 681. The Morgan fingerprint density at radius 1 is 1.43 bits per heavy atom. The van der Waals surface area contributed by atoms with Crippen LogP contribution >= 0.6 is 0 Å². The van der Waals surface area contributed by atoms with Crippen molar-refractivity contribution in [3.63, 3.8) is 0 Å². The molecule has 0 aliphatic carbocycles. The molecule has 2 unspecified atom stereocenters. The number of nitrogens with one attached hydrogen (secondary N) is 2. The largest absolute Gasteiger partial charge is 0.309 e. The second-order valence-corrected chi connectivity index (χ2v) is 6.05. The Labute approximate surface area is 124 Å². The summed E-state index contributed by atoms with van der Waals surface area (Å²) >= 11 is 0. The van der Waals surface area contributed by atoms with E-state index in [4.69, 9.17) is 0 Å². The van der Waals surface area contributed by atoms with Gasteiger partial charge in [0.15, 0.2) is 0 Å². The molecular weight excluding hydrogens is 264 g/mol. The van der Waals surface area contributed by atoms with Crippen molar-refractivity contribution in [2.45, 2.75) is 25.9 Å². The van der Waals surface area contributed by atoms with Crippen LogP contribution in [0.3, 0.4) is 0 Å².